The molecule has 0 bridgehead atoms. The lowest BCUT2D eigenvalue weighted by molar-refractivity contribution is 0.563. The fourth-order valence-corrected chi connectivity index (χ4v) is 2.48. The van der Waals surface area contributed by atoms with Crippen LogP contribution >= 0.6 is 0 Å². The third-order valence-electron chi connectivity index (χ3n) is 3.57. The van der Waals surface area contributed by atoms with Gasteiger partial charge in [-0.2, -0.15) is 5.10 Å². The van der Waals surface area contributed by atoms with E-state index in [0.717, 1.165) is 16.6 Å². The van der Waals surface area contributed by atoms with Crippen LogP contribution in [0.15, 0.2) is 82.3 Å². The smallest absolute Gasteiger partial charge is 0.344 e. The zero-order valence-corrected chi connectivity index (χ0v) is 11.6. The molecule has 0 aliphatic carbocycles. The minimum atomic E-state index is -0.337. The molecule has 4 rings (SSSR count). The van der Waals surface area contributed by atoms with Gasteiger partial charge in [0.1, 0.15) is 5.58 Å². The molecule has 2 aromatic carbocycles. The summed E-state index contributed by atoms with van der Waals surface area (Å²) in [6.07, 6.45) is 3.55. The molecule has 4 heteroatoms. The Morgan fingerprint density at radius 1 is 0.955 bits per heavy atom. The average molecular weight is 288 g/mol. The average Bonchev–Trinajstić information content (AvgIpc) is 3.09. The maximum Gasteiger partial charge on any atom is 0.344 e. The minimum absolute atomic E-state index is 0.337. The second kappa shape index (κ2) is 5.00. The molecule has 0 atom stereocenters. The molecule has 0 radical (unpaired) electrons. The topological polar surface area (TPSA) is 48.0 Å². The van der Waals surface area contributed by atoms with E-state index in [1.807, 2.05) is 66.9 Å². The first kappa shape index (κ1) is 12.6. The van der Waals surface area contributed by atoms with Gasteiger partial charge < -0.3 is 4.42 Å². The first-order valence-electron chi connectivity index (χ1n) is 6.95. The molecule has 2 heterocycles. The summed E-state index contributed by atoms with van der Waals surface area (Å²) in [4.78, 5) is 12.2. The maximum absolute atomic E-state index is 12.2. The number of hydrogen-bond acceptors (Lipinski definition) is 3. The number of fused-ring (bicyclic) bond motifs is 1. The lowest BCUT2D eigenvalue weighted by Gasteiger charge is -2.05. The van der Waals surface area contributed by atoms with Crippen molar-refractivity contribution in [2.45, 2.75) is 0 Å². The quantitative estimate of drug-likeness (QED) is 0.529. The highest BCUT2D eigenvalue weighted by molar-refractivity contribution is 5.83. The number of rotatable bonds is 2. The molecule has 0 fully saturated rings. The Hall–Kier alpha value is -3.14. The van der Waals surface area contributed by atoms with Crippen molar-refractivity contribution in [3.05, 3.63) is 83.5 Å². The highest BCUT2D eigenvalue weighted by Gasteiger charge is 2.08. The number of aromatic nitrogens is 2. The van der Waals surface area contributed by atoms with E-state index in [1.54, 1.807) is 10.9 Å². The van der Waals surface area contributed by atoms with Gasteiger partial charge in [-0.25, -0.2) is 9.48 Å². The third-order valence-corrected chi connectivity index (χ3v) is 3.57. The lowest BCUT2D eigenvalue weighted by Crippen LogP contribution is -2.03. The summed E-state index contributed by atoms with van der Waals surface area (Å²) in [6, 6.07) is 18.9. The largest absolute Gasteiger partial charge is 0.422 e. The molecule has 22 heavy (non-hydrogen) atoms. The Balaban J connectivity index is 1.89. The van der Waals surface area contributed by atoms with Gasteiger partial charge in [-0.05, 0) is 29.8 Å². The van der Waals surface area contributed by atoms with Crippen molar-refractivity contribution >= 4 is 11.0 Å². The first-order chi connectivity index (χ1) is 10.8. The molecule has 0 aliphatic rings. The zero-order valence-electron chi connectivity index (χ0n) is 11.6. The standard InChI is InChI=1S/C18H12N2O2/c21-18-16(13-5-2-1-3-6-13)11-14-7-8-15(12-17(14)22-18)20-10-4-9-19-20/h1-12H. The van der Waals surface area contributed by atoms with Crippen LogP contribution in [0.5, 0.6) is 0 Å². The maximum atomic E-state index is 12.2. The first-order valence-corrected chi connectivity index (χ1v) is 6.95. The minimum Gasteiger partial charge on any atom is -0.422 e. The Labute approximate surface area is 126 Å². The van der Waals surface area contributed by atoms with Crippen LogP contribution in [0, 0.1) is 0 Å². The molecule has 0 aliphatic heterocycles. The molecule has 0 unspecified atom stereocenters. The fourth-order valence-electron chi connectivity index (χ4n) is 2.48. The zero-order chi connectivity index (χ0) is 14.9. The summed E-state index contributed by atoms with van der Waals surface area (Å²) in [6.45, 7) is 0. The number of nitrogens with zero attached hydrogens (tertiary/aromatic N) is 2. The Bertz CT molecular complexity index is 987. The Kier molecular flexibility index (Phi) is 2.86. The van der Waals surface area contributed by atoms with E-state index in [-0.39, 0.29) is 5.63 Å². The van der Waals surface area contributed by atoms with Crippen LogP contribution in [-0.2, 0) is 0 Å². The van der Waals surface area contributed by atoms with Gasteiger partial charge >= 0.3 is 5.63 Å². The highest BCUT2D eigenvalue weighted by atomic mass is 16.4. The van der Waals surface area contributed by atoms with Crippen molar-refractivity contribution in [1.82, 2.24) is 9.78 Å². The molecule has 2 aromatic heterocycles. The molecule has 106 valence electrons. The van der Waals surface area contributed by atoms with Crippen molar-refractivity contribution in [1.29, 1.82) is 0 Å². The fraction of sp³-hybridized carbons (Fsp3) is 0. The van der Waals surface area contributed by atoms with Crippen LogP contribution in [0.4, 0.5) is 0 Å². The van der Waals surface area contributed by atoms with Crippen molar-refractivity contribution in [2.24, 2.45) is 0 Å². The summed E-state index contributed by atoms with van der Waals surface area (Å²) in [5, 5.41) is 5.06. The van der Waals surface area contributed by atoms with Crippen LogP contribution in [0.2, 0.25) is 0 Å². The summed E-state index contributed by atoms with van der Waals surface area (Å²) < 4.78 is 7.22. The van der Waals surface area contributed by atoms with E-state index in [2.05, 4.69) is 5.10 Å². The second-order valence-corrected chi connectivity index (χ2v) is 4.99. The van der Waals surface area contributed by atoms with E-state index in [4.69, 9.17) is 4.42 Å². The van der Waals surface area contributed by atoms with Gasteiger partial charge in [-0.1, -0.05) is 30.3 Å². The summed E-state index contributed by atoms with van der Waals surface area (Å²) in [7, 11) is 0. The van der Waals surface area contributed by atoms with Gasteiger partial charge in [-0.3, -0.25) is 0 Å². The molecular weight excluding hydrogens is 276 g/mol. The molecule has 0 N–H and O–H groups in total. The third kappa shape index (κ3) is 2.11. The van der Waals surface area contributed by atoms with Gasteiger partial charge in [-0.15, -0.1) is 0 Å². The number of benzene rings is 2. The Morgan fingerprint density at radius 3 is 2.59 bits per heavy atom. The van der Waals surface area contributed by atoms with E-state index < -0.39 is 0 Å². The summed E-state index contributed by atoms with van der Waals surface area (Å²) in [5.41, 5.74) is 2.50. The number of hydrogen-bond donors (Lipinski definition) is 0. The van der Waals surface area contributed by atoms with Crippen LogP contribution in [0.1, 0.15) is 0 Å². The summed E-state index contributed by atoms with van der Waals surface area (Å²) >= 11 is 0. The predicted molar refractivity (Wildman–Crippen MR) is 85.0 cm³/mol. The van der Waals surface area contributed by atoms with Crippen LogP contribution in [0.25, 0.3) is 27.8 Å². The van der Waals surface area contributed by atoms with E-state index >= 15 is 0 Å². The highest BCUT2D eigenvalue weighted by Crippen LogP contribution is 2.22. The normalized spacial score (nSPS) is 10.9. The summed E-state index contributed by atoms with van der Waals surface area (Å²) in [5.74, 6) is 0. The van der Waals surface area contributed by atoms with Crippen molar-refractivity contribution in [3.63, 3.8) is 0 Å². The van der Waals surface area contributed by atoms with Crippen molar-refractivity contribution in [3.8, 4) is 16.8 Å². The van der Waals surface area contributed by atoms with Gasteiger partial charge in [0.2, 0.25) is 0 Å². The molecule has 0 amide bonds. The van der Waals surface area contributed by atoms with Gasteiger partial charge in [0, 0.05) is 23.8 Å². The molecule has 0 saturated heterocycles. The Morgan fingerprint density at radius 2 is 1.82 bits per heavy atom. The van der Waals surface area contributed by atoms with Crippen molar-refractivity contribution < 1.29 is 4.42 Å². The molecule has 0 saturated carbocycles. The molecule has 4 nitrogen and oxygen atoms in total. The van der Waals surface area contributed by atoms with E-state index in [9.17, 15) is 4.79 Å². The van der Waals surface area contributed by atoms with Crippen LogP contribution in [-0.4, -0.2) is 9.78 Å². The van der Waals surface area contributed by atoms with Gasteiger partial charge in [0.25, 0.3) is 0 Å². The van der Waals surface area contributed by atoms with E-state index in [0.29, 0.717) is 11.1 Å². The van der Waals surface area contributed by atoms with Crippen LogP contribution < -0.4 is 5.63 Å². The van der Waals surface area contributed by atoms with Crippen molar-refractivity contribution in [2.75, 3.05) is 0 Å². The molecule has 4 aromatic rings. The molecule has 0 spiro atoms. The lowest BCUT2D eigenvalue weighted by atomic mass is 10.1. The van der Waals surface area contributed by atoms with Gasteiger partial charge in [0.05, 0.1) is 11.3 Å². The van der Waals surface area contributed by atoms with Gasteiger partial charge in [0.15, 0.2) is 0 Å². The monoisotopic (exact) mass is 288 g/mol. The SMILES string of the molecule is O=c1oc2cc(-n3cccn3)ccc2cc1-c1ccccc1. The van der Waals surface area contributed by atoms with E-state index in [1.165, 1.54) is 0 Å². The van der Waals surface area contributed by atoms with Crippen LogP contribution in [0.3, 0.4) is 0 Å². The second-order valence-electron chi connectivity index (χ2n) is 4.99. The molecular formula is C18H12N2O2. The predicted octanol–water partition coefficient (Wildman–Crippen LogP) is 3.65.